The number of rotatable bonds is 6. The Labute approximate surface area is 191 Å². The van der Waals surface area contributed by atoms with Gasteiger partial charge in [0.25, 0.3) is 0 Å². The van der Waals surface area contributed by atoms with Gasteiger partial charge in [-0.25, -0.2) is 0 Å². The molecule has 2 heterocycles. The van der Waals surface area contributed by atoms with Crippen molar-refractivity contribution in [3.05, 3.63) is 69.5 Å². The first-order chi connectivity index (χ1) is 15.0. The number of hydrogen-bond acceptors (Lipinski definition) is 5. The van der Waals surface area contributed by atoms with Crippen molar-refractivity contribution in [3.8, 4) is 11.4 Å². The van der Waals surface area contributed by atoms with Gasteiger partial charge < -0.3 is 9.84 Å². The molecule has 8 heteroatoms. The average molecular weight is 459 g/mol. The first kappa shape index (κ1) is 21.8. The van der Waals surface area contributed by atoms with Crippen molar-refractivity contribution >= 4 is 29.1 Å². The lowest BCUT2D eigenvalue weighted by Gasteiger charge is -2.30. The van der Waals surface area contributed by atoms with Crippen LogP contribution < -0.4 is 5.32 Å². The van der Waals surface area contributed by atoms with Crippen LogP contribution in [0.2, 0.25) is 10.0 Å². The zero-order valence-electron chi connectivity index (χ0n) is 17.3. The second-order valence-corrected chi connectivity index (χ2v) is 8.70. The van der Waals surface area contributed by atoms with Crippen molar-refractivity contribution in [1.29, 1.82) is 0 Å². The fourth-order valence-corrected chi connectivity index (χ4v) is 4.32. The topological polar surface area (TPSA) is 71.3 Å². The number of carbonyl (C=O) groups excluding carboxylic acids is 1. The van der Waals surface area contributed by atoms with Gasteiger partial charge in [-0.15, -0.1) is 0 Å². The minimum Gasteiger partial charge on any atom is -0.352 e. The monoisotopic (exact) mass is 458 g/mol. The average Bonchev–Trinajstić information content (AvgIpc) is 3.21. The molecule has 1 aromatic heterocycles. The van der Waals surface area contributed by atoms with Crippen molar-refractivity contribution in [3.63, 3.8) is 0 Å². The summed E-state index contributed by atoms with van der Waals surface area (Å²) in [5.74, 6) is 1.10. The zero-order chi connectivity index (χ0) is 21.8. The summed E-state index contributed by atoms with van der Waals surface area (Å²) >= 11 is 12.1. The number of aryl methyl sites for hydroxylation is 1. The van der Waals surface area contributed by atoms with Crippen molar-refractivity contribution in [2.75, 3.05) is 13.1 Å². The number of nitrogens with zero attached hydrogens (tertiary/aromatic N) is 3. The third-order valence-electron chi connectivity index (χ3n) is 5.56. The van der Waals surface area contributed by atoms with Gasteiger partial charge in [-0.1, -0.05) is 58.7 Å². The van der Waals surface area contributed by atoms with E-state index in [1.165, 1.54) is 0 Å². The Morgan fingerprint density at radius 1 is 1.26 bits per heavy atom. The summed E-state index contributed by atoms with van der Waals surface area (Å²) in [6.07, 6.45) is 1.80. The number of hydrogen-bond donors (Lipinski definition) is 1. The van der Waals surface area contributed by atoms with Crippen LogP contribution in [0.25, 0.3) is 11.4 Å². The number of nitrogens with one attached hydrogen (secondary N) is 1. The van der Waals surface area contributed by atoms with Crippen LogP contribution in [0.5, 0.6) is 0 Å². The number of halogens is 2. The van der Waals surface area contributed by atoms with Gasteiger partial charge in [0.2, 0.25) is 17.6 Å². The molecule has 0 saturated carbocycles. The van der Waals surface area contributed by atoms with Gasteiger partial charge in [0.15, 0.2) is 0 Å². The van der Waals surface area contributed by atoms with Gasteiger partial charge in [0.1, 0.15) is 0 Å². The van der Waals surface area contributed by atoms with Crippen LogP contribution in [0, 0.1) is 12.8 Å². The number of amides is 1. The molecular formula is C23H24Cl2N4O2. The summed E-state index contributed by atoms with van der Waals surface area (Å²) in [4.78, 5) is 19.5. The zero-order valence-corrected chi connectivity index (χ0v) is 18.8. The molecule has 1 saturated heterocycles. The molecule has 1 N–H and O–H groups in total. The van der Waals surface area contributed by atoms with Crippen LogP contribution in [-0.4, -0.2) is 34.0 Å². The van der Waals surface area contributed by atoms with Crippen LogP contribution in [0.3, 0.4) is 0 Å². The van der Waals surface area contributed by atoms with E-state index < -0.39 is 0 Å². The Bertz CT molecular complexity index is 1070. The van der Waals surface area contributed by atoms with E-state index in [9.17, 15) is 4.79 Å². The predicted molar refractivity (Wildman–Crippen MR) is 121 cm³/mol. The SMILES string of the molecule is Cc1ccccc1-c1noc(CN2CCCC(C(=O)NCc3ccc(Cl)cc3Cl)C2)n1. The van der Waals surface area contributed by atoms with E-state index in [0.717, 1.165) is 36.1 Å². The van der Waals surface area contributed by atoms with Crippen molar-refractivity contribution in [1.82, 2.24) is 20.4 Å². The summed E-state index contributed by atoms with van der Waals surface area (Å²) < 4.78 is 5.47. The highest BCUT2D eigenvalue weighted by Gasteiger charge is 2.27. The molecule has 0 spiro atoms. The third-order valence-corrected chi connectivity index (χ3v) is 6.14. The second kappa shape index (κ2) is 9.81. The molecule has 1 atom stereocenters. The van der Waals surface area contributed by atoms with E-state index >= 15 is 0 Å². The van der Waals surface area contributed by atoms with Gasteiger partial charge in [-0.05, 0) is 49.6 Å². The predicted octanol–water partition coefficient (Wildman–Crippen LogP) is 4.88. The lowest BCUT2D eigenvalue weighted by atomic mass is 9.97. The molecule has 4 rings (SSSR count). The minimum absolute atomic E-state index is 0.0295. The molecule has 0 bridgehead atoms. The lowest BCUT2D eigenvalue weighted by molar-refractivity contribution is -0.127. The van der Waals surface area contributed by atoms with Gasteiger partial charge in [0.05, 0.1) is 12.5 Å². The maximum absolute atomic E-state index is 12.7. The first-order valence-electron chi connectivity index (χ1n) is 10.3. The Kier molecular flexibility index (Phi) is 6.90. The number of likely N-dealkylation sites (tertiary alicyclic amines) is 1. The van der Waals surface area contributed by atoms with Gasteiger partial charge >= 0.3 is 0 Å². The number of carbonyl (C=O) groups is 1. The van der Waals surface area contributed by atoms with E-state index in [4.69, 9.17) is 27.7 Å². The fourth-order valence-electron chi connectivity index (χ4n) is 3.85. The Morgan fingerprint density at radius 2 is 2.10 bits per heavy atom. The summed E-state index contributed by atoms with van der Waals surface area (Å²) in [7, 11) is 0. The molecule has 1 fully saturated rings. The van der Waals surface area contributed by atoms with Crippen molar-refractivity contribution < 1.29 is 9.32 Å². The molecule has 0 aliphatic carbocycles. The third kappa shape index (κ3) is 5.45. The van der Waals surface area contributed by atoms with Gasteiger partial charge in [-0.2, -0.15) is 4.98 Å². The Balaban J connectivity index is 1.33. The van der Waals surface area contributed by atoms with Crippen molar-refractivity contribution in [2.24, 2.45) is 5.92 Å². The van der Waals surface area contributed by atoms with E-state index in [1.54, 1.807) is 12.1 Å². The summed E-state index contributed by atoms with van der Waals surface area (Å²) in [5, 5.41) is 8.26. The maximum Gasteiger partial charge on any atom is 0.241 e. The van der Waals surface area contributed by atoms with Crippen LogP contribution in [-0.2, 0) is 17.9 Å². The summed E-state index contributed by atoms with van der Waals surface area (Å²) in [6, 6.07) is 13.2. The van der Waals surface area contributed by atoms with Gasteiger partial charge in [-0.3, -0.25) is 9.69 Å². The normalized spacial score (nSPS) is 16.9. The highest BCUT2D eigenvalue weighted by Crippen LogP contribution is 2.23. The minimum atomic E-state index is -0.0846. The van der Waals surface area contributed by atoms with E-state index in [0.29, 0.717) is 41.4 Å². The van der Waals surface area contributed by atoms with Gasteiger partial charge in [0, 0.05) is 28.7 Å². The first-order valence-corrected chi connectivity index (χ1v) is 11.1. The molecular weight excluding hydrogens is 435 g/mol. The van der Waals surface area contributed by atoms with E-state index in [1.807, 2.05) is 37.3 Å². The Morgan fingerprint density at radius 3 is 2.90 bits per heavy atom. The van der Waals surface area contributed by atoms with Crippen LogP contribution in [0.1, 0.15) is 29.9 Å². The summed E-state index contributed by atoms with van der Waals surface area (Å²) in [6.45, 7) is 4.49. The smallest absolute Gasteiger partial charge is 0.241 e. The molecule has 1 unspecified atom stereocenters. The van der Waals surface area contributed by atoms with Crippen molar-refractivity contribution in [2.45, 2.75) is 32.9 Å². The number of benzene rings is 2. The molecule has 1 amide bonds. The molecule has 31 heavy (non-hydrogen) atoms. The number of piperidine rings is 1. The largest absolute Gasteiger partial charge is 0.352 e. The van der Waals surface area contributed by atoms with Crippen LogP contribution in [0.15, 0.2) is 47.0 Å². The van der Waals surface area contributed by atoms with E-state index in [-0.39, 0.29) is 11.8 Å². The fraction of sp³-hybridized carbons (Fsp3) is 0.348. The molecule has 3 aromatic rings. The molecule has 0 radical (unpaired) electrons. The highest BCUT2D eigenvalue weighted by atomic mass is 35.5. The summed E-state index contributed by atoms with van der Waals surface area (Å²) in [5.41, 5.74) is 2.92. The molecule has 2 aromatic carbocycles. The van der Waals surface area contributed by atoms with Crippen LogP contribution >= 0.6 is 23.2 Å². The molecule has 1 aliphatic rings. The van der Waals surface area contributed by atoms with E-state index in [2.05, 4.69) is 20.4 Å². The Hall–Kier alpha value is -2.41. The second-order valence-electron chi connectivity index (χ2n) is 7.85. The van der Waals surface area contributed by atoms with Crippen LogP contribution in [0.4, 0.5) is 0 Å². The number of aromatic nitrogens is 2. The molecule has 1 aliphatic heterocycles. The standard InChI is InChI=1S/C23H24Cl2N4O2/c1-15-5-2-3-7-19(15)22-27-21(31-28-22)14-29-10-4-6-17(13-29)23(30)26-12-16-8-9-18(24)11-20(16)25/h2-3,5,7-9,11,17H,4,6,10,12-14H2,1H3,(H,26,30). The highest BCUT2D eigenvalue weighted by molar-refractivity contribution is 6.35. The maximum atomic E-state index is 12.7. The molecule has 6 nitrogen and oxygen atoms in total. The molecule has 162 valence electrons. The lowest BCUT2D eigenvalue weighted by Crippen LogP contribution is -2.42. The quantitative estimate of drug-likeness (QED) is 0.569.